The highest BCUT2D eigenvalue weighted by molar-refractivity contribution is 7.98. The van der Waals surface area contributed by atoms with Gasteiger partial charge < -0.3 is 10.1 Å². The molecule has 0 unspecified atom stereocenters. The third-order valence-corrected chi connectivity index (χ3v) is 4.95. The number of aliphatic hydroxyl groups is 1. The Morgan fingerprint density at radius 2 is 2.15 bits per heavy atom. The molecule has 2 N–H and O–H groups in total. The molecule has 2 heterocycles. The Morgan fingerprint density at radius 3 is 3.00 bits per heavy atom. The molecule has 1 aromatic carbocycles. The van der Waals surface area contributed by atoms with E-state index in [4.69, 9.17) is 5.11 Å². The number of aromatic amines is 1. The summed E-state index contributed by atoms with van der Waals surface area (Å²) >= 11 is 3.50. The molecule has 0 aliphatic carbocycles. The zero-order valence-electron chi connectivity index (χ0n) is 10.7. The number of para-hydroxylation sites is 1. The van der Waals surface area contributed by atoms with Crippen molar-refractivity contribution in [1.82, 2.24) is 4.98 Å². The molecule has 0 saturated heterocycles. The molecule has 0 aliphatic rings. The summed E-state index contributed by atoms with van der Waals surface area (Å²) < 4.78 is 0. The van der Waals surface area contributed by atoms with Crippen molar-refractivity contribution in [2.24, 2.45) is 0 Å². The summed E-state index contributed by atoms with van der Waals surface area (Å²) in [5.74, 6) is 6.53. The minimum atomic E-state index is -0.0883. The molecule has 20 heavy (non-hydrogen) atoms. The fourth-order valence-corrected chi connectivity index (χ4v) is 3.76. The monoisotopic (exact) mass is 299 g/mol. The van der Waals surface area contributed by atoms with Crippen molar-refractivity contribution in [3.8, 4) is 11.8 Å². The van der Waals surface area contributed by atoms with E-state index in [1.165, 1.54) is 20.8 Å². The van der Waals surface area contributed by atoms with Gasteiger partial charge in [0, 0.05) is 32.5 Å². The maximum absolute atomic E-state index is 8.68. The van der Waals surface area contributed by atoms with Gasteiger partial charge >= 0.3 is 0 Å². The number of fused-ring (bicyclic) bond motifs is 1. The lowest BCUT2D eigenvalue weighted by atomic mass is 10.3. The minimum Gasteiger partial charge on any atom is -0.384 e. The lowest BCUT2D eigenvalue weighted by molar-refractivity contribution is 0.350. The molecule has 0 aliphatic heterocycles. The van der Waals surface area contributed by atoms with E-state index in [9.17, 15) is 0 Å². The number of thiophene rings is 1. The second kappa shape index (κ2) is 6.19. The number of aromatic nitrogens is 1. The molecule has 3 rings (SSSR count). The van der Waals surface area contributed by atoms with Gasteiger partial charge in [-0.2, -0.15) is 0 Å². The standard InChI is InChI=1S/C16H13NOS2/c18-7-3-4-12-8-14(19-10-12)11-20-16-9-13-5-1-2-6-15(13)17-16/h1-2,5-6,8-10,17-18H,7,11H2. The lowest BCUT2D eigenvalue weighted by Crippen LogP contribution is -1.75. The van der Waals surface area contributed by atoms with Crippen LogP contribution in [-0.2, 0) is 5.75 Å². The van der Waals surface area contributed by atoms with Crippen LogP contribution in [0.4, 0.5) is 0 Å². The Bertz CT molecular complexity index is 743. The first-order valence-corrected chi connectivity index (χ1v) is 8.09. The van der Waals surface area contributed by atoms with Crippen molar-refractivity contribution >= 4 is 34.0 Å². The van der Waals surface area contributed by atoms with E-state index in [0.717, 1.165) is 11.3 Å². The number of aliphatic hydroxyl groups excluding tert-OH is 1. The van der Waals surface area contributed by atoms with Gasteiger partial charge in [0.2, 0.25) is 0 Å². The molecular formula is C16H13NOS2. The summed E-state index contributed by atoms with van der Waals surface area (Å²) in [7, 11) is 0. The highest BCUT2D eigenvalue weighted by atomic mass is 32.2. The summed E-state index contributed by atoms with van der Waals surface area (Å²) in [6, 6.07) is 12.6. The molecular weight excluding hydrogens is 286 g/mol. The van der Waals surface area contributed by atoms with Crippen LogP contribution < -0.4 is 0 Å². The summed E-state index contributed by atoms with van der Waals surface area (Å²) in [5, 5.41) is 13.1. The second-order valence-electron chi connectivity index (χ2n) is 4.27. The molecule has 2 aromatic heterocycles. The number of nitrogens with one attached hydrogen (secondary N) is 1. The molecule has 0 radical (unpaired) electrons. The fourth-order valence-electron chi connectivity index (χ4n) is 1.94. The van der Waals surface area contributed by atoms with Gasteiger partial charge in [-0.1, -0.05) is 30.0 Å². The summed E-state index contributed by atoms with van der Waals surface area (Å²) in [5.41, 5.74) is 2.16. The quantitative estimate of drug-likeness (QED) is 0.569. The maximum atomic E-state index is 8.68. The van der Waals surface area contributed by atoms with Gasteiger partial charge in [0.25, 0.3) is 0 Å². The van der Waals surface area contributed by atoms with Crippen molar-refractivity contribution in [2.75, 3.05) is 6.61 Å². The van der Waals surface area contributed by atoms with Crippen LogP contribution in [0.15, 0.2) is 46.8 Å². The van der Waals surface area contributed by atoms with Gasteiger partial charge in [-0.15, -0.1) is 23.1 Å². The van der Waals surface area contributed by atoms with Crippen molar-refractivity contribution in [3.05, 3.63) is 52.2 Å². The Morgan fingerprint density at radius 1 is 1.25 bits per heavy atom. The van der Waals surface area contributed by atoms with Crippen LogP contribution in [0.25, 0.3) is 10.9 Å². The van der Waals surface area contributed by atoms with Gasteiger partial charge in [-0.25, -0.2) is 0 Å². The first-order valence-electron chi connectivity index (χ1n) is 6.23. The third kappa shape index (κ3) is 3.07. The van der Waals surface area contributed by atoms with E-state index < -0.39 is 0 Å². The first kappa shape index (κ1) is 13.3. The molecule has 0 spiro atoms. The molecule has 0 bridgehead atoms. The number of rotatable bonds is 3. The van der Waals surface area contributed by atoms with Gasteiger partial charge in [-0.3, -0.25) is 0 Å². The van der Waals surface area contributed by atoms with Gasteiger partial charge in [-0.05, 0) is 18.2 Å². The van der Waals surface area contributed by atoms with Crippen LogP contribution >= 0.6 is 23.1 Å². The maximum Gasteiger partial charge on any atom is 0.104 e. The SMILES string of the molecule is OCC#Cc1csc(CSc2cc3ccccc3[nH]2)c1. The van der Waals surface area contributed by atoms with Crippen LogP contribution in [0.2, 0.25) is 0 Å². The smallest absolute Gasteiger partial charge is 0.104 e. The normalized spacial score (nSPS) is 10.4. The molecule has 0 saturated carbocycles. The Hall–Kier alpha value is -1.67. The van der Waals surface area contributed by atoms with E-state index in [0.29, 0.717) is 0 Å². The Balaban J connectivity index is 1.68. The largest absolute Gasteiger partial charge is 0.384 e. The fraction of sp³-hybridized carbons (Fsp3) is 0.125. The van der Waals surface area contributed by atoms with Crippen LogP contribution in [0.5, 0.6) is 0 Å². The number of hydrogen-bond acceptors (Lipinski definition) is 3. The van der Waals surface area contributed by atoms with E-state index in [2.05, 4.69) is 47.2 Å². The average Bonchev–Trinajstić information content (AvgIpc) is 3.09. The topological polar surface area (TPSA) is 36.0 Å². The zero-order valence-corrected chi connectivity index (χ0v) is 12.4. The Kier molecular flexibility index (Phi) is 4.12. The van der Waals surface area contributed by atoms with Crippen LogP contribution in [-0.4, -0.2) is 16.7 Å². The molecule has 0 amide bonds. The highest BCUT2D eigenvalue weighted by Crippen LogP contribution is 2.28. The van der Waals surface area contributed by atoms with Crippen LogP contribution in [0, 0.1) is 11.8 Å². The third-order valence-electron chi connectivity index (χ3n) is 2.84. The van der Waals surface area contributed by atoms with Gasteiger partial charge in [0.1, 0.15) is 6.61 Å². The van der Waals surface area contributed by atoms with Crippen LogP contribution in [0.1, 0.15) is 10.4 Å². The molecule has 3 aromatic rings. The lowest BCUT2D eigenvalue weighted by Gasteiger charge is -1.94. The predicted molar refractivity (Wildman–Crippen MR) is 86.1 cm³/mol. The Labute approximate surface area is 125 Å². The van der Waals surface area contributed by atoms with Gasteiger partial charge in [0.15, 0.2) is 0 Å². The molecule has 0 atom stereocenters. The van der Waals surface area contributed by atoms with Crippen molar-refractivity contribution < 1.29 is 5.11 Å². The minimum absolute atomic E-state index is 0.0883. The molecule has 0 fully saturated rings. The predicted octanol–water partition coefficient (Wildman–Crippen LogP) is 3.87. The van der Waals surface area contributed by atoms with E-state index in [1.54, 1.807) is 23.1 Å². The van der Waals surface area contributed by atoms with Crippen molar-refractivity contribution in [2.45, 2.75) is 10.8 Å². The summed E-state index contributed by atoms with van der Waals surface area (Å²) in [6.07, 6.45) is 0. The van der Waals surface area contributed by atoms with Crippen molar-refractivity contribution in [3.63, 3.8) is 0 Å². The van der Waals surface area contributed by atoms with E-state index >= 15 is 0 Å². The summed E-state index contributed by atoms with van der Waals surface area (Å²) in [6.45, 7) is -0.0883. The second-order valence-corrected chi connectivity index (χ2v) is 6.28. The number of hydrogen-bond donors (Lipinski definition) is 2. The number of thioether (sulfide) groups is 1. The van der Waals surface area contributed by atoms with Gasteiger partial charge in [0.05, 0.1) is 5.03 Å². The molecule has 4 heteroatoms. The van der Waals surface area contributed by atoms with Crippen LogP contribution in [0.3, 0.4) is 0 Å². The van der Waals surface area contributed by atoms with E-state index in [1.807, 2.05) is 11.4 Å². The summed E-state index contributed by atoms with van der Waals surface area (Å²) in [4.78, 5) is 4.70. The number of H-pyrrole nitrogens is 1. The molecule has 2 nitrogen and oxygen atoms in total. The highest BCUT2D eigenvalue weighted by Gasteiger charge is 2.03. The zero-order chi connectivity index (χ0) is 13.8. The van der Waals surface area contributed by atoms with Crippen molar-refractivity contribution in [1.29, 1.82) is 0 Å². The molecule has 100 valence electrons. The first-order chi connectivity index (χ1) is 9.85. The number of benzene rings is 1. The van der Waals surface area contributed by atoms with E-state index in [-0.39, 0.29) is 6.61 Å². The average molecular weight is 299 g/mol.